The average Bonchev–Trinajstić information content (AvgIpc) is 3.75. The van der Waals surface area contributed by atoms with Gasteiger partial charge in [-0.1, -0.05) is 77.6 Å². The number of pyridine rings is 1. The minimum absolute atomic E-state index is 0.156. The molecule has 6 nitrogen and oxygen atoms in total. The number of piperazine rings is 1. The molecule has 1 N–H and O–H groups in total. The number of rotatable bonds is 16. The van der Waals surface area contributed by atoms with Crippen molar-refractivity contribution in [3.63, 3.8) is 0 Å². The lowest BCUT2D eigenvalue weighted by Crippen LogP contribution is -2.47. The van der Waals surface area contributed by atoms with Gasteiger partial charge in [0.05, 0.1) is 11.2 Å². The molecule has 0 radical (unpaired) electrons. The Labute approximate surface area is 226 Å². The summed E-state index contributed by atoms with van der Waals surface area (Å²) in [4.78, 5) is 28.8. The van der Waals surface area contributed by atoms with Crippen LogP contribution in [0.2, 0.25) is 0 Å². The first-order valence-electron chi connectivity index (χ1n) is 15.1. The number of carboxylic acid groups (broad SMARTS) is 1. The number of anilines is 1. The van der Waals surface area contributed by atoms with Crippen molar-refractivity contribution >= 4 is 22.6 Å². The standard InChI is InChI=1S/C31H46FN3O3/c1-2-3-4-5-6-7-8-9-10-11-12-13-16-33-17-19-34(20-18-33)29-22-28-25(21-27(29)32)30(36)26(31(37)38)23-35(28)24-14-15-24/h21-24H,2-20H2,1H3,(H,37,38). The zero-order valence-electron chi connectivity index (χ0n) is 23.2. The van der Waals surface area contributed by atoms with Crippen LogP contribution in [0.25, 0.3) is 10.9 Å². The SMILES string of the molecule is CCCCCCCCCCCCCCN1CCN(c2cc3c(cc2F)c(=O)c(C(=O)O)cn3C2CC2)CC1. The molecule has 1 aromatic heterocycles. The minimum Gasteiger partial charge on any atom is -0.477 e. The molecular formula is C31H46FN3O3. The Morgan fingerprint density at radius 3 is 2.03 bits per heavy atom. The number of carboxylic acids is 1. The van der Waals surface area contributed by atoms with Gasteiger partial charge in [-0.15, -0.1) is 0 Å². The van der Waals surface area contributed by atoms with Crippen LogP contribution in [0.4, 0.5) is 10.1 Å². The maximum atomic E-state index is 15.2. The highest BCUT2D eigenvalue weighted by Crippen LogP contribution is 2.38. The van der Waals surface area contributed by atoms with Crippen LogP contribution >= 0.6 is 0 Å². The first-order valence-corrected chi connectivity index (χ1v) is 15.1. The average molecular weight is 528 g/mol. The number of aromatic carboxylic acids is 1. The fourth-order valence-corrected chi connectivity index (χ4v) is 5.80. The van der Waals surface area contributed by atoms with E-state index >= 15 is 4.39 Å². The van der Waals surface area contributed by atoms with Gasteiger partial charge in [0.15, 0.2) is 0 Å². The van der Waals surface area contributed by atoms with Crippen LogP contribution in [0.3, 0.4) is 0 Å². The lowest BCUT2D eigenvalue weighted by atomic mass is 10.1. The number of hydrogen-bond acceptors (Lipinski definition) is 4. The number of fused-ring (bicyclic) bond motifs is 1. The van der Waals surface area contributed by atoms with E-state index in [9.17, 15) is 14.7 Å². The molecule has 0 spiro atoms. The van der Waals surface area contributed by atoms with E-state index in [1.54, 1.807) is 6.07 Å². The summed E-state index contributed by atoms with van der Waals surface area (Å²) < 4.78 is 17.0. The molecule has 210 valence electrons. The molecule has 1 aliphatic carbocycles. The Bertz CT molecular complexity index is 1120. The monoisotopic (exact) mass is 527 g/mol. The molecule has 2 fully saturated rings. The lowest BCUT2D eigenvalue weighted by molar-refractivity contribution is 0.0695. The van der Waals surface area contributed by atoms with Crippen LogP contribution in [0, 0.1) is 5.82 Å². The van der Waals surface area contributed by atoms with E-state index in [1.165, 1.54) is 89.3 Å². The van der Waals surface area contributed by atoms with Crippen molar-refractivity contribution in [2.75, 3.05) is 37.6 Å². The number of benzene rings is 1. The fraction of sp³-hybridized carbons (Fsp3) is 0.677. The third-order valence-corrected chi connectivity index (χ3v) is 8.31. The van der Waals surface area contributed by atoms with Crippen molar-refractivity contribution in [1.29, 1.82) is 0 Å². The second-order valence-corrected chi connectivity index (χ2v) is 11.4. The van der Waals surface area contributed by atoms with Gasteiger partial charge in [-0.05, 0) is 37.9 Å². The van der Waals surface area contributed by atoms with E-state index in [4.69, 9.17) is 0 Å². The molecule has 1 aromatic carbocycles. The fourth-order valence-electron chi connectivity index (χ4n) is 5.80. The molecule has 2 aliphatic rings. The molecule has 1 saturated carbocycles. The van der Waals surface area contributed by atoms with Crippen molar-refractivity contribution < 1.29 is 14.3 Å². The molecule has 1 aliphatic heterocycles. The first kappa shape index (κ1) is 28.6. The molecule has 1 saturated heterocycles. The van der Waals surface area contributed by atoms with Crippen molar-refractivity contribution in [3.05, 3.63) is 39.9 Å². The normalized spacial score (nSPS) is 16.4. The summed E-state index contributed by atoms with van der Waals surface area (Å²) in [7, 11) is 0. The van der Waals surface area contributed by atoms with Gasteiger partial charge in [0, 0.05) is 43.8 Å². The quantitative estimate of drug-likeness (QED) is 0.238. The maximum absolute atomic E-state index is 15.2. The summed E-state index contributed by atoms with van der Waals surface area (Å²) in [6, 6.07) is 3.19. The molecule has 0 atom stereocenters. The summed E-state index contributed by atoms with van der Waals surface area (Å²) >= 11 is 0. The number of halogens is 1. The highest BCUT2D eigenvalue weighted by Gasteiger charge is 2.28. The highest BCUT2D eigenvalue weighted by atomic mass is 19.1. The molecule has 4 rings (SSSR count). The topological polar surface area (TPSA) is 65.8 Å². The largest absolute Gasteiger partial charge is 0.477 e. The highest BCUT2D eigenvalue weighted by molar-refractivity contribution is 5.93. The summed E-state index contributed by atoms with van der Waals surface area (Å²) in [6.45, 7) is 6.68. The molecule has 0 amide bonds. The van der Waals surface area contributed by atoms with E-state index in [0.29, 0.717) is 11.2 Å². The number of aromatic nitrogens is 1. The van der Waals surface area contributed by atoms with E-state index in [0.717, 1.165) is 45.6 Å². The Balaban J connectivity index is 1.21. The van der Waals surface area contributed by atoms with Crippen LogP contribution in [0.5, 0.6) is 0 Å². The number of unbranched alkanes of at least 4 members (excludes halogenated alkanes) is 11. The molecule has 0 bridgehead atoms. The van der Waals surface area contributed by atoms with Gasteiger partial charge in [-0.3, -0.25) is 9.69 Å². The minimum atomic E-state index is -1.26. The number of carbonyl (C=O) groups is 1. The van der Waals surface area contributed by atoms with Gasteiger partial charge in [0.1, 0.15) is 11.4 Å². The zero-order chi connectivity index (χ0) is 26.9. The second-order valence-electron chi connectivity index (χ2n) is 11.4. The molecule has 7 heteroatoms. The van der Waals surface area contributed by atoms with Crippen LogP contribution < -0.4 is 10.3 Å². The summed E-state index contributed by atoms with van der Waals surface area (Å²) in [5, 5.41) is 9.61. The van der Waals surface area contributed by atoms with Gasteiger partial charge in [0.25, 0.3) is 0 Å². The van der Waals surface area contributed by atoms with Crippen molar-refractivity contribution in [1.82, 2.24) is 9.47 Å². The maximum Gasteiger partial charge on any atom is 0.341 e. The molecule has 0 unspecified atom stereocenters. The predicted molar refractivity (Wildman–Crippen MR) is 153 cm³/mol. The molecule has 2 heterocycles. The van der Waals surface area contributed by atoms with Crippen LogP contribution in [0.1, 0.15) is 113 Å². The van der Waals surface area contributed by atoms with Gasteiger partial charge in [-0.2, -0.15) is 0 Å². The van der Waals surface area contributed by atoms with E-state index in [2.05, 4.69) is 16.7 Å². The van der Waals surface area contributed by atoms with Crippen molar-refractivity contribution in [3.8, 4) is 0 Å². The zero-order valence-corrected chi connectivity index (χ0v) is 23.2. The van der Waals surface area contributed by atoms with Crippen molar-refractivity contribution in [2.45, 2.75) is 103 Å². The summed E-state index contributed by atoms with van der Waals surface area (Å²) in [6.07, 6.45) is 19.6. The van der Waals surface area contributed by atoms with E-state index in [-0.39, 0.29) is 17.0 Å². The molecular weight excluding hydrogens is 481 g/mol. The van der Waals surface area contributed by atoms with Gasteiger partial charge in [-0.25, -0.2) is 9.18 Å². The van der Waals surface area contributed by atoms with Gasteiger partial charge < -0.3 is 14.6 Å². The smallest absolute Gasteiger partial charge is 0.341 e. The van der Waals surface area contributed by atoms with Gasteiger partial charge >= 0.3 is 5.97 Å². The number of nitrogens with zero attached hydrogens (tertiary/aromatic N) is 3. The van der Waals surface area contributed by atoms with Crippen LogP contribution in [0.15, 0.2) is 23.1 Å². The summed E-state index contributed by atoms with van der Waals surface area (Å²) in [5.41, 5.74) is 0.252. The third-order valence-electron chi connectivity index (χ3n) is 8.31. The third kappa shape index (κ3) is 7.58. The van der Waals surface area contributed by atoms with E-state index in [1.807, 2.05) is 4.57 Å². The Kier molecular flexibility index (Phi) is 10.6. The first-order chi connectivity index (χ1) is 18.5. The Morgan fingerprint density at radius 2 is 1.47 bits per heavy atom. The summed E-state index contributed by atoms with van der Waals surface area (Å²) in [5.74, 6) is -1.71. The molecule has 2 aromatic rings. The van der Waals surface area contributed by atoms with Crippen LogP contribution in [-0.2, 0) is 0 Å². The number of hydrogen-bond donors (Lipinski definition) is 1. The Hall–Kier alpha value is -2.41. The molecule has 38 heavy (non-hydrogen) atoms. The second kappa shape index (κ2) is 14.1. The van der Waals surface area contributed by atoms with E-state index < -0.39 is 17.2 Å². The van der Waals surface area contributed by atoms with Crippen molar-refractivity contribution in [2.24, 2.45) is 0 Å². The predicted octanol–water partition coefficient (Wildman–Crippen LogP) is 7.00. The van der Waals surface area contributed by atoms with Gasteiger partial charge in [0.2, 0.25) is 5.43 Å². The Morgan fingerprint density at radius 1 is 0.895 bits per heavy atom. The van der Waals surface area contributed by atoms with Crippen LogP contribution in [-0.4, -0.2) is 53.3 Å². The lowest BCUT2D eigenvalue weighted by Gasteiger charge is -2.36.